The van der Waals surface area contributed by atoms with E-state index in [4.69, 9.17) is 9.72 Å². The van der Waals surface area contributed by atoms with E-state index in [0.717, 1.165) is 65.9 Å². The van der Waals surface area contributed by atoms with Crippen molar-refractivity contribution in [3.8, 4) is 22.8 Å². The van der Waals surface area contributed by atoms with Crippen LogP contribution in [0.4, 0.5) is 0 Å². The zero-order valence-electron chi connectivity index (χ0n) is 22.1. The van der Waals surface area contributed by atoms with Crippen LogP contribution in [0, 0.1) is 12.1 Å². The average molecular weight is 720 g/mol. The van der Waals surface area contributed by atoms with Crippen LogP contribution in [0.15, 0.2) is 122 Å². The summed E-state index contributed by atoms with van der Waals surface area (Å²) in [7, 11) is 0. The molecule has 0 aliphatic heterocycles. The van der Waals surface area contributed by atoms with Crippen LogP contribution in [0.1, 0.15) is 0 Å². The second-order valence-electron chi connectivity index (χ2n) is 10.2. The number of fused-ring (bicyclic) bond motifs is 12. The van der Waals surface area contributed by atoms with Gasteiger partial charge < -0.3 is 13.5 Å². The molecule has 0 unspecified atom stereocenters. The summed E-state index contributed by atoms with van der Waals surface area (Å²) in [5.41, 5.74) is 5.90. The van der Waals surface area contributed by atoms with E-state index in [1.54, 1.807) is 0 Å². The molecule has 0 N–H and O–H groups in total. The Labute approximate surface area is 254 Å². The van der Waals surface area contributed by atoms with E-state index < -0.39 is 0 Å². The molecule has 0 radical (unpaired) electrons. The molecule has 9 rings (SSSR count). The van der Waals surface area contributed by atoms with Crippen molar-refractivity contribution in [2.45, 2.75) is 0 Å². The van der Waals surface area contributed by atoms with Crippen molar-refractivity contribution in [1.29, 1.82) is 0 Å². The Morgan fingerprint density at radius 1 is 0.571 bits per heavy atom. The Kier molecular flexibility index (Phi) is 5.63. The third-order valence-corrected chi connectivity index (χ3v) is 7.83. The molecule has 0 bridgehead atoms. The topological polar surface area (TPSA) is 43.8 Å². The van der Waals surface area contributed by atoms with Gasteiger partial charge in [-0.2, -0.15) is 0 Å². The van der Waals surface area contributed by atoms with Crippen molar-refractivity contribution >= 4 is 54.6 Å². The number of benzene rings is 5. The van der Waals surface area contributed by atoms with Gasteiger partial charge >= 0.3 is 21.1 Å². The Morgan fingerprint density at radius 3 is 1.86 bits per heavy atom. The summed E-state index contributed by atoms with van der Waals surface area (Å²) in [6, 6.07) is 42.2. The monoisotopic (exact) mass is 719 g/mol. The molecular weight excluding hydrogens is 700 g/mol. The van der Waals surface area contributed by atoms with Crippen LogP contribution < -0.4 is 4.74 Å². The van der Waals surface area contributed by atoms with Crippen LogP contribution >= 0.6 is 0 Å². The van der Waals surface area contributed by atoms with Crippen LogP contribution in [0.25, 0.3) is 65.9 Å². The molecule has 0 aliphatic rings. The molecule has 200 valence electrons. The molecule has 5 nitrogen and oxygen atoms in total. The van der Waals surface area contributed by atoms with Gasteiger partial charge in [0.15, 0.2) is 0 Å². The smallest absolute Gasteiger partial charge is 0.497 e. The van der Waals surface area contributed by atoms with Gasteiger partial charge in [0, 0.05) is 46.7 Å². The number of rotatable bonds is 3. The molecule has 0 aliphatic carbocycles. The molecule has 4 aromatic heterocycles. The predicted octanol–water partition coefficient (Wildman–Crippen LogP) is 8.65. The summed E-state index contributed by atoms with van der Waals surface area (Å²) in [5, 5.41) is 6.29. The number of nitrogens with zero attached hydrogens (tertiary/aromatic N) is 4. The zero-order valence-corrected chi connectivity index (χ0v) is 24.3. The number of para-hydroxylation sites is 2. The summed E-state index contributed by atoms with van der Waals surface area (Å²) < 4.78 is 10.7. The minimum absolute atomic E-state index is 0. The summed E-state index contributed by atoms with van der Waals surface area (Å²) >= 11 is 0. The Balaban J connectivity index is 0.00000267. The largest absolute Gasteiger partial charge is 2.00 e. The van der Waals surface area contributed by atoms with E-state index >= 15 is 0 Å². The first-order chi connectivity index (χ1) is 20.3. The van der Waals surface area contributed by atoms with E-state index in [1.165, 1.54) is 0 Å². The summed E-state index contributed by atoms with van der Waals surface area (Å²) in [6.45, 7) is 0. The molecule has 0 amide bonds. The van der Waals surface area contributed by atoms with Crippen molar-refractivity contribution in [3.05, 3.63) is 134 Å². The van der Waals surface area contributed by atoms with Gasteiger partial charge in [0.2, 0.25) is 0 Å². The predicted molar refractivity (Wildman–Crippen MR) is 164 cm³/mol. The molecule has 0 spiro atoms. The van der Waals surface area contributed by atoms with Crippen molar-refractivity contribution in [3.63, 3.8) is 0 Å². The van der Waals surface area contributed by atoms with Gasteiger partial charge in [-0.25, -0.2) is 0 Å². The minimum atomic E-state index is 0. The molecule has 0 saturated carbocycles. The van der Waals surface area contributed by atoms with Gasteiger partial charge in [-0.05, 0) is 22.9 Å². The van der Waals surface area contributed by atoms with Crippen LogP contribution in [0.3, 0.4) is 0 Å². The van der Waals surface area contributed by atoms with Crippen molar-refractivity contribution in [2.75, 3.05) is 0 Å². The summed E-state index contributed by atoms with van der Waals surface area (Å²) in [5.74, 6) is 1.22. The van der Waals surface area contributed by atoms with Gasteiger partial charge in [0.1, 0.15) is 0 Å². The molecule has 0 atom stereocenters. The number of imidazole rings is 2. The number of ether oxygens (including phenoxy) is 1. The third kappa shape index (κ3) is 3.67. The Bertz CT molecular complexity index is 2460. The first-order valence-electron chi connectivity index (χ1n) is 13.5. The third-order valence-electron chi connectivity index (χ3n) is 7.83. The fraction of sp³-hybridized carbons (Fsp3) is 0. The van der Waals surface area contributed by atoms with E-state index in [2.05, 4.69) is 98.8 Å². The van der Waals surface area contributed by atoms with E-state index in [1.807, 2.05) is 48.8 Å². The maximum absolute atomic E-state index is 6.40. The normalized spacial score (nSPS) is 11.6. The maximum atomic E-state index is 6.40. The number of hydrogen-bond acceptors (Lipinski definition) is 3. The van der Waals surface area contributed by atoms with Crippen LogP contribution in [-0.2, 0) is 21.1 Å². The fourth-order valence-electron chi connectivity index (χ4n) is 5.98. The Morgan fingerprint density at radius 2 is 1.17 bits per heavy atom. The van der Waals surface area contributed by atoms with Crippen LogP contribution in [-0.4, -0.2) is 18.8 Å². The second kappa shape index (κ2) is 9.54. The number of hydrogen-bond donors (Lipinski definition) is 0. The average Bonchev–Trinajstić information content (AvgIpc) is 3.71. The van der Waals surface area contributed by atoms with Crippen molar-refractivity contribution < 1.29 is 25.8 Å². The van der Waals surface area contributed by atoms with Gasteiger partial charge in [-0.3, -0.25) is 9.97 Å². The standard InChI is InChI=1S/C36H20N4O.Pt/c1-2-8-23(9-3-1)32-22-40-34-13-7-5-11-29(34)27-17-15-25(21-31(27)36(40)38-32)41-24-14-16-26-28-10-4-6-12-33(28)39-19-18-37-35(39)30(26)20-24;/h1-19,22H;/q-2;+2. The first-order valence-corrected chi connectivity index (χ1v) is 13.5. The van der Waals surface area contributed by atoms with Crippen molar-refractivity contribution in [2.24, 2.45) is 0 Å². The number of pyridine rings is 2. The van der Waals surface area contributed by atoms with Gasteiger partial charge in [-0.15, -0.1) is 12.1 Å². The fourth-order valence-corrected chi connectivity index (χ4v) is 5.98. The van der Waals surface area contributed by atoms with Crippen LogP contribution in [0.5, 0.6) is 11.5 Å². The van der Waals surface area contributed by atoms with E-state index in [0.29, 0.717) is 11.5 Å². The first kappa shape index (κ1) is 24.8. The minimum Gasteiger partial charge on any atom is -0.497 e. The SMILES string of the molecule is [Pt+2].[c-]1c(Oc2[c-]c3c(cc2)c2ccccc2n2cc(-c4ccccc4)nc32)ccc2c1c1nccn1c1ccccc21. The molecular formula is C36H20N4OPt. The molecule has 6 heteroatoms. The van der Waals surface area contributed by atoms with Gasteiger partial charge in [-0.1, -0.05) is 113 Å². The summed E-state index contributed by atoms with van der Waals surface area (Å²) in [6.07, 6.45) is 5.91. The molecule has 0 saturated heterocycles. The van der Waals surface area contributed by atoms with Crippen molar-refractivity contribution in [1.82, 2.24) is 18.8 Å². The number of aromatic nitrogens is 4. The maximum Gasteiger partial charge on any atom is 2.00 e. The van der Waals surface area contributed by atoms with Gasteiger partial charge in [0.25, 0.3) is 0 Å². The summed E-state index contributed by atoms with van der Waals surface area (Å²) in [4.78, 5) is 9.70. The Hall–Kier alpha value is -4.99. The van der Waals surface area contributed by atoms with Gasteiger partial charge in [0.05, 0.1) is 17.0 Å². The van der Waals surface area contributed by atoms with Crippen LogP contribution in [0.2, 0.25) is 0 Å². The molecule has 42 heavy (non-hydrogen) atoms. The molecule has 9 aromatic rings. The second-order valence-corrected chi connectivity index (χ2v) is 10.2. The molecule has 0 fully saturated rings. The quantitative estimate of drug-likeness (QED) is 0.136. The molecule has 4 heterocycles. The van der Waals surface area contributed by atoms with E-state index in [9.17, 15) is 0 Å². The zero-order chi connectivity index (χ0) is 26.9. The molecule has 5 aromatic carbocycles. The van der Waals surface area contributed by atoms with E-state index in [-0.39, 0.29) is 21.1 Å².